The van der Waals surface area contributed by atoms with Crippen LogP contribution in [0.4, 0.5) is 26.3 Å². The van der Waals surface area contributed by atoms with Crippen LogP contribution in [0.5, 0.6) is 0 Å². The Hall–Kier alpha value is -0.870. The molecule has 0 aliphatic rings. The fraction of sp³-hybridized carbons (Fsp3) is 0.0526. The van der Waals surface area contributed by atoms with Crippen molar-refractivity contribution in [2.24, 2.45) is 0 Å². The molecule has 0 aromatic heterocycles. The number of alkyl halides is 3. The highest BCUT2D eigenvalue weighted by Crippen LogP contribution is 2.69. The summed E-state index contributed by atoms with van der Waals surface area (Å²) in [6.07, 6.45) is 0. The van der Waals surface area contributed by atoms with Crippen molar-refractivity contribution in [3.8, 4) is 0 Å². The summed E-state index contributed by atoms with van der Waals surface area (Å²) in [5, 5.41) is -0.792. The molecule has 0 spiro atoms. The Balaban J connectivity index is 2.60. The van der Waals surface area contributed by atoms with Crippen molar-refractivity contribution in [3.63, 3.8) is 0 Å². The molecule has 0 aliphatic heterocycles. The van der Waals surface area contributed by atoms with Gasteiger partial charge in [0.25, 0.3) is 0 Å². The van der Waals surface area contributed by atoms with Crippen molar-refractivity contribution < 1.29 is 26.3 Å². The topological polar surface area (TPSA) is 0 Å². The van der Waals surface area contributed by atoms with Crippen molar-refractivity contribution in [1.82, 2.24) is 0 Å². The number of hydrogen-bond donors (Lipinski definition) is 0. The molecule has 0 bridgehead atoms. The van der Waals surface area contributed by atoms with Gasteiger partial charge in [0.15, 0.2) is 17.5 Å². The lowest BCUT2D eigenvalue weighted by atomic mass is 10.3. The molecule has 0 saturated carbocycles. The van der Waals surface area contributed by atoms with Gasteiger partial charge in [-0.1, -0.05) is 36.4 Å². The fourth-order valence-corrected chi connectivity index (χ4v) is 10.4. The normalized spacial score (nSPS) is 12.3. The first-order valence-corrected chi connectivity index (χ1v) is 11.7. The van der Waals surface area contributed by atoms with E-state index in [4.69, 9.17) is 0 Å². The molecule has 0 radical (unpaired) electrons. The predicted octanol–water partition coefficient (Wildman–Crippen LogP) is 6.13. The maximum atomic E-state index is 14.9. The highest BCUT2D eigenvalue weighted by molar-refractivity contribution is 14.1. The SMILES string of the molecule is Fc1c(F)c(I)c([P+](c2ccccc2)(c2ccccc2)C(F)(F)F)c(I)c1F. The molecule has 0 heterocycles. The van der Waals surface area contributed by atoms with Gasteiger partial charge in [-0.2, -0.15) is 0 Å². The zero-order chi connectivity index (χ0) is 20.7. The van der Waals surface area contributed by atoms with E-state index < -0.39 is 43.1 Å². The van der Waals surface area contributed by atoms with Crippen molar-refractivity contribution in [3.05, 3.63) is 85.3 Å². The summed E-state index contributed by atoms with van der Waals surface area (Å²) in [7, 11) is -4.55. The number of benzene rings is 3. The standard InChI is InChI=1S/C19H10F6I2P/c20-13-14(21)16(26)18(17(27)15(13)22)28(19(23,24)25,11-7-3-1-4-8-11)12-9-5-2-6-10-12/h1-10H/q+1. The van der Waals surface area contributed by atoms with Crippen LogP contribution in [-0.2, 0) is 0 Å². The molecule has 0 aliphatic carbocycles. The summed E-state index contributed by atoms with van der Waals surface area (Å²) >= 11 is 2.67. The van der Waals surface area contributed by atoms with Crippen LogP contribution in [0, 0.1) is 24.6 Å². The average molecular weight is 637 g/mol. The van der Waals surface area contributed by atoms with Crippen molar-refractivity contribution >= 4 is 68.4 Å². The summed E-state index contributed by atoms with van der Waals surface area (Å²) in [4.78, 5) is 0. The molecule has 28 heavy (non-hydrogen) atoms. The third kappa shape index (κ3) is 3.35. The zero-order valence-electron chi connectivity index (χ0n) is 13.7. The summed E-state index contributed by atoms with van der Waals surface area (Å²) in [5.41, 5.74) is 0. The average Bonchev–Trinajstić information content (AvgIpc) is 2.68. The number of halogens is 8. The van der Waals surface area contributed by atoms with Crippen LogP contribution >= 0.6 is 52.4 Å². The van der Waals surface area contributed by atoms with E-state index in [1.807, 2.05) is 0 Å². The van der Waals surface area contributed by atoms with Gasteiger partial charge >= 0.3 is 5.92 Å². The number of hydrogen-bond acceptors (Lipinski definition) is 0. The van der Waals surface area contributed by atoms with Gasteiger partial charge < -0.3 is 0 Å². The van der Waals surface area contributed by atoms with Crippen LogP contribution < -0.4 is 15.9 Å². The van der Waals surface area contributed by atoms with Gasteiger partial charge in [0.2, 0.25) is 7.26 Å². The lowest BCUT2D eigenvalue weighted by molar-refractivity contribution is -0.0400. The molecule has 0 fully saturated rings. The van der Waals surface area contributed by atoms with Gasteiger partial charge in [-0.15, -0.1) is 13.2 Å². The molecule has 3 aromatic carbocycles. The van der Waals surface area contributed by atoms with Gasteiger partial charge in [-0.3, -0.25) is 0 Å². The Labute approximate surface area is 185 Å². The summed E-state index contributed by atoms with van der Waals surface area (Å²) in [6, 6.07) is 14.0. The van der Waals surface area contributed by atoms with E-state index in [1.165, 1.54) is 93.7 Å². The van der Waals surface area contributed by atoms with Crippen LogP contribution in [0.3, 0.4) is 0 Å². The highest BCUT2D eigenvalue weighted by Gasteiger charge is 2.70. The van der Waals surface area contributed by atoms with Crippen LogP contribution in [0.15, 0.2) is 60.7 Å². The Bertz CT molecular complexity index is 938. The second-order valence-electron chi connectivity index (χ2n) is 5.73. The molecule has 3 aromatic rings. The maximum Gasteiger partial charge on any atom is 0.524 e. The highest BCUT2D eigenvalue weighted by atomic mass is 127. The van der Waals surface area contributed by atoms with E-state index in [9.17, 15) is 26.3 Å². The van der Waals surface area contributed by atoms with Gasteiger partial charge in [-0.25, -0.2) is 13.2 Å². The van der Waals surface area contributed by atoms with E-state index in [-0.39, 0.29) is 10.6 Å². The third-order valence-corrected chi connectivity index (χ3v) is 11.1. The lowest BCUT2D eigenvalue weighted by Crippen LogP contribution is -2.43. The van der Waals surface area contributed by atoms with Crippen LogP contribution in [0.2, 0.25) is 0 Å². The van der Waals surface area contributed by atoms with Crippen LogP contribution in [-0.4, -0.2) is 5.92 Å². The summed E-state index contributed by atoms with van der Waals surface area (Å²) < 4.78 is 86.1. The molecular weight excluding hydrogens is 627 g/mol. The van der Waals surface area contributed by atoms with E-state index in [0.717, 1.165) is 0 Å². The van der Waals surface area contributed by atoms with Crippen LogP contribution in [0.1, 0.15) is 0 Å². The van der Waals surface area contributed by atoms with Crippen molar-refractivity contribution in [2.75, 3.05) is 0 Å². The Morgan fingerprint density at radius 3 is 1.29 bits per heavy atom. The van der Waals surface area contributed by atoms with Gasteiger partial charge in [0, 0.05) is 0 Å². The Morgan fingerprint density at radius 2 is 0.964 bits per heavy atom. The molecule has 0 N–H and O–H groups in total. The fourth-order valence-electron chi connectivity index (χ4n) is 3.02. The van der Waals surface area contributed by atoms with Crippen LogP contribution in [0.25, 0.3) is 0 Å². The molecule has 0 amide bonds. The summed E-state index contributed by atoms with van der Waals surface area (Å²) in [6.45, 7) is 0. The molecular formula is C19H10F6I2P+. The maximum absolute atomic E-state index is 14.9. The first-order valence-electron chi connectivity index (χ1n) is 7.73. The van der Waals surface area contributed by atoms with Gasteiger partial charge in [0.1, 0.15) is 15.9 Å². The third-order valence-electron chi connectivity index (χ3n) is 4.19. The predicted molar refractivity (Wildman–Crippen MR) is 117 cm³/mol. The number of rotatable bonds is 3. The second-order valence-corrected chi connectivity index (χ2v) is 11.2. The van der Waals surface area contributed by atoms with Gasteiger partial charge in [-0.05, 0) is 69.4 Å². The molecule has 3 rings (SSSR count). The molecule has 146 valence electrons. The molecule has 0 saturated heterocycles. The summed E-state index contributed by atoms with van der Waals surface area (Å²) in [5.74, 6) is -9.88. The van der Waals surface area contributed by atoms with Crippen molar-refractivity contribution in [1.29, 1.82) is 0 Å². The molecule has 9 heteroatoms. The minimum atomic E-state index is -4.87. The second kappa shape index (κ2) is 8.10. The van der Waals surface area contributed by atoms with Crippen molar-refractivity contribution in [2.45, 2.75) is 5.92 Å². The monoisotopic (exact) mass is 637 g/mol. The molecule has 0 nitrogen and oxygen atoms in total. The van der Waals surface area contributed by atoms with E-state index in [2.05, 4.69) is 0 Å². The zero-order valence-corrected chi connectivity index (χ0v) is 19.0. The van der Waals surface area contributed by atoms with E-state index in [1.54, 1.807) is 12.1 Å². The minimum absolute atomic E-state index is 0.116. The van der Waals surface area contributed by atoms with E-state index in [0.29, 0.717) is 0 Å². The lowest BCUT2D eigenvalue weighted by Gasteiger charge is -2.30. The molecule has 0 unspecified atom stereocenters. The Morgan fingerprint density at radius 1 is 0.607 bits per heavy atom. The minimum Gasteiger partial charge on any atom is -0.202 e. The largest absolute Gasteiger partial charge is 0.524 e. The molecule has 0 atom stereocenters. The first kappa shape index (κ1) is 21.8. The quantitative estimate of drug-likeness (QED) is 0.107. The van der Waals surface area contributed by atoms with E-state index >= 15 is 0 Å². The Kier molecular flexibility index (Phi) is 6.32. The first-order chi connectivity index (χ1) is 13.1. The van der Waals surface area contributed by atoms with Gasteiger partial charge in [0.05, 0.1) is 7.14 Å². The smallest absolute Gasteiger partial charge is 0.202 e.